The molecule has 47 heavy (non-hydrogen) atoms. The van der Waals surface area contributed by atoms with Gasteiger partial charge in [0.1, 0.15) is 6.54 Å². The molecule has 2 aliphatic heterocycles. The SMILES string of the molecule is CCCC(=O)c1cccc2c1C(C)(C)C(/C=C/C=C1/N(CCCS(=O)(=O)O)c3ccc(C(=O)O)cc3C1(C)C)=[N+]2CCCS(=O)(=O)O. The van der Waals surface area contributed by atoms with Gasteiger partial charge in [-0.05, 0) is 56.5 Å². The third-order valence-electron chi connectivity index (χ3n) is 8.88. The first-order valence-corrected chi connectivity index (χ1v) is 18.8. The van der Waals surface area contributed by atoms with E-state index >= 15 is 0 Å². The maximum absolute atomic E-state index is 13.2. The molecule has 0 spiro atoms. The maximum atomic E-state index is 13.2. The molecular weight excluding hydrogens is 645 g/mol. The monoisotopic (exact) mass is 687 g/mol. The summed E-state index contributed by atoms with van der Waals surface area (Å²) >= 11 is 0. The van der Waals surface area contributed by atoms with Gasteiger partial charge in [0.2, 0.25) is 5.69 Å². The van der Waals surface area contributed by atoms with Gasteiger partial charge in [-0.15, -0.1) is 0 Å². The molecular formula is C34H43N2O9S2+. The normalized spacial score (nSPS) is 17.9. The Balaban J connectivity index is 1.82. The number of allylic oxidation sites excluding steroid dienone is 4. The van der Waals surface area contributed by atoms with Crippen LogP contribution >= 0.6 is 0 Å². The fraction of sp³-hybridized carbons (Fsp3) is 0.441. The van der Waals surface area contributed by atoms with E-state index in [0.717, 1.165) is 33.9 Å². The number of nitrogens with zero attached hydrogens (tertiary/aromatic N) is 2. The molecule has 254 valence electrons. The summed E-state index contributed by atoms with van der Waals surface area (Å²) < 4.78 is 66.8. The van der Waals surface area contributed by atoms with E-state index in [4.69, 9.17) is 0 Å². The van der Waals surface area contributed by atoms with E-state index in [2.05, 4.69) is 0 Å². The number of anilines is 1. The zero-order chi connectivity index (χ0) is 34.9. The molecule has 0 saturated heterocycles. The lowest BCUT2D eigenvalue weighted by molar-refractivity contribution is -0.437. The zero-order valence-corrected chi connectivity index (χ0v) is 29.0. The van der Waals surface area contributed by atoms with E-state index in [1.165, 1.54) is 6.07 Å². The topological polar surface area (TPSA) is 169 Å². The summed E-state index contributed by atoms with van der Waals surface area (Å²) in [6, 6.07) is 10.4. The van der Waals surface area contributed by atoms with E-state index in [1.807, 2.05) is 80.5 Å². The lowest BCUT2D eigenvalue weighted by atomic mass is 9.77. The number of hydrogen-bond acceptors (Lipinski definition) is 7. The van der Waals surface area contributed by atoms with Crippen LogP contribution in [-0.2, 0) is 31.1 Å². The minimum atomic E-state index is -4.19. The molecule has 0 atom stereocenters. The molecule has 0 amide bonds. The van der Waals surface area contributed by atoms with Crippen LogP contribution in [0.4, 0.5) is 11.4 Å². The van der Waals surface area contributed by atoms with Crippen molar-refractivity contribution in [2.24, 2.45) is 0 Å². The van der Waals surface area contributed by atoms with Crippen LogP contribution in [0.5, 0.6) is 0 Å². The summed E-state index contributed by atoms with van der Waals surface area (Å²) in [4.78, 5) is 26.9. The third-order valence-corrected chi connectivity index (χ3v) is 10.5. The quantitative estimate of drug-likeness (QED) is 0.130. The van der Waals surface area contributed by atoms with Gasteiger partial charge in [0, 0.05) is 53.9 Å². The Morgan fingerprint density at radius 3 is 2.21 bits per heavy atom. The summed E-state index contributed by atoms with van der Waals surface area (Å²) in [5, 5.41) is 9.64. The summed E-state index contributed by atoms with van der Waals surface area (Å²) in [6.07, 6.45) is 7.01. The first kappa shape index (κ1) is 36.2. The van der Waals surface area contributed by atoms with Crippen molar-refractivity contribution >= 4 is 49.1 Å². The van der Waals surface area contributed by atoms with Gasteiger partial charge in [0.25, 0.3) is 20.2 Å². The van der Waals surface area contributed by atoms with Crippen molar-refractivity contribution in [1.82, 2.24) is 0 Å². The number of ketones is 1. The second kappa shape index (κ2) is 13.5. The van der Waals surface area contributed by atoms with Crippen molar-refractivity contribution in [2.75, 3.05) is 29.5 Å². The molecule has 0 unspecified atom stereocenters. The molecule has 2 aromatic carbocycles. The molecule has 0 aliphatic carbocycles. The lowest BCUT2D eigenvalue weighted by Crippen LogP contribution is -2.30. The number of fused-ring (bicyclic) bond motifs is 2. The first-order chi connectivity index (χ1) is 21.8. The van der Waals surface area contributed by atoms with Gasteiger partial charge in [0.05, 0.1) is 28.0 Å². The minimum Gasteiger partial charge on any atom is -0.478 e. The Bertz CT molecular complexity index is 1900. The van der Waals surface area contributed by atoms with Crippen molar-refractivity contribution in [3.8, 4) is 0 Å². The van der Waals surface area contributed by atoms with E-state index in [-0.39, 0.29) is 37.3 Å². The maximum Gasteiger partial charge on any atom is 0.335 e. The molecule has 3 N–H and O–H groups in total. The molecule has 0 bridgehead atoms. The number of hydrogen-bond donors (Lipinski definition) is 3. The number of carboxylic acid groups (broad SMARTS) is 1. The highest BCUT2D eigenvalue weighted by atomic mass is 32.2. The Kier molecular flexibility index (Phi) is 10.4. The van der Waals surface area contributed by atoms with Crippen LogP contribution in [0.15, 0.2) is 60.3 Å². The van der Waals surface area contributed by atoms with Crippen LogP contribution in [0.2, 0.25) is 0 Å². The van der Waals surface area contributed by atoms with Crippen molar-refractivity contribution in [3.63, 3.8) is 0 Å². The molecule has 0 fully saturated rings. The van der Waals surface area contributed by atoms with Gasteiger partial charge in [-0.2, -0.15) is 21.4 Å². The molecule has 0 radical (unpaired) electrons. The Labute approximate surface area is 276 Å². The summed E-state index contributed by atoms with van der Waals surface area (Å²) in [5.41, 5.74) is 4.16. The predicted molar refractivity (Wildman–Crippen MR) is 182 cm³/mol. The average molecular weight is 688 g/mol. The zero-order valence-electron chi connectivity index (χ0n) is 27.4. The number of benzene rings is 2. The van der Waals surface area contributed by atoms with E-state index in [1.54, 1.807) is 12.1 Å². The van der Waals surface area contributed by atoms with E-state index < -0.39 is 48.5 Å². The molecule has 4 rings (SSSR count). The van der Waals surface area contributed by atoms with Crippen molar-refractivity contribution in [2.45, 2.75) is 71.1 Å². The first-order valence-electron chi connectivity index (χ1n) is 15.6. The van der Waals surface area contributed by atoms with Gasteiger partial charge in [-0.1, -0.05) is 39.0 Å². The number of carbonyl (C=O) groups is 2. The Morgan fingerprint density at radius 1 is 0.936 bits per heavy atom. The second-order valence-electron chi connectivity index (χ2n) is 13.0. The largest absolute Gasteiger partial charge is 0.478 e. The van der Waals surface area contributed by atoms with Crippen LogP contribution in [-0.4, -0.2) is 77.7 Å². The van der Waals surface area contributed by atoms with Gasteiger partial charge >= 0.3 is 5.97 Å². The van der Waals surface area contributed by atoms with Gasteiger partial charge < -0.3 is 10.0 Å². The molecule has 2 heterocycles. The molecule has 2 aromatic rings. The highest BCUT2D eigenvalue weighted by Gasteiger charge is 2.47. The fourth-order valence-corrected chi connectivity index (χ4v) is 7.73. The molecule has 13 heteroatoms. The van der Waals surface area contributed by atoms with Crippen molar-refractivity contribution in [1.29, 1.82) is 0 Å². The van der Waals surface area contributed by atoms with Crippen molar-refractivity contribution in [3.05, 3.63) is 82.6 Å². The van der Waals surface area contributed by atoms with Crippen LogP contribution in [0.1, 0.15) is 92.1 Å². The number of Topliss-reactive ketones (excluding diaryl/α,β-unsaturated/α-hetero) is 1. The van der Waals surface area contributed by atoms with Gasteiger partial charge in [0.15, 0.2) is 11.5 Å². The summed E-state index contributed by atoms with van der Waals surface area (Å²) in [6.45, 7) is 10.4. The number of carbonyl (C=O) groups excluding carboxylic acids is 1. The van der Waals surface area contributed by atoms with Gasteiger partial charge in [-0.3, -0.25) is 13.9 Å². The Morgan fingerprint density at radius 2 is 1.60 bits per heavy atom. The standard InChI is InChI=1S/C34H42N2O9S2/c1-6-11-28(37)24-12-7-13-27-31(24)34(4,5)30(36(27)19-10-21-47(43,44)45)15-8-14-29-33(2,3)25-22-23(32(38)39)16-17-26(25)35(29)18-9-20-46(40,41)42/h7-8,12-17,22H,6,9-11,18-21H2,1-5H3,(H2-,38,39,40,41,42,43,44,45)/p+1. The van der Waals surface area contributed by atoms with E-state index in [0.29, 0.717) is 18.4 Å². The number of carboxylic acids is 1. The fourth-order valence-electron chi connectivity index (χ4n) is 6.74. The highest BCUT2D eigenvalue weighted by molar-refractivity contribution is 7.86. The number of rotatable bonds is 14. The third kappa shape index (κ3) is 7.75. The molecule has 0 saturated carbocycles. The second-order valence-corrected chi connectivity index (χ2v) is 16.2. The highest BCUT2D eigenvalue weighted by Crippen LogP contribution is 2.48. The van der Waals surface area contributed by atoms with E-state index in [9.17, 15) is 40.6 Å². The molecule has 2 aliphatic rings. The van der Waals surface area contributed by atoms with Gasteiger partial charge in [-0.25, -0.2) is 4.79 Å². The van der Waals surface area contributed by atoms with Crippen molar-refractivity contribution < 1.29 is 45.2 Å². The molecule has 0 aromatic heterocycles. The summed E-state index contributed by atoms with van der Waals surface area (Å²) in [7, 11) is -8.37. The van der Waals surface area contributed by atoms with Crippen LogP contribution in [0.3, 0.4) is 0 Å². The van der Waals surface area contributed by atoms with Crippen LogP contribution in [0, 0.1) is 0 Å². The Hall–Kier alpha value is -3.65. The smallest absolute Gasteiger partial charge is 0.335 e. The van der Waals surface area contributed by atoms with Crippen LogP contribution in [0.25, 0.3) is 0 Å². The predicted octanol–water partition coefficient (Wildman–Crippen LogP) is 5.54. The van der Waals surface area contributed by atoms with Crippen LogP contribution < -0.4 is 4.90 Å². The lowest BCUT2D eigenvalue weighted by Gasteiger charge is -2.27. The number of aromatic carboxylic acids is 1. The average Bonchev–Trinajstić information content (AvgIpc) is 3.30. The summed E-state index contributed by atoms with van der Waals surface area (Å²) in [5.74, 6) is -1.89. The molecule has 11 nitrogen and oxygen atoms in total. The minimum absolute atomic E-state index is 0.0226.